The minimum absolute atomic E-state index is 0.858. The van der Waals surface area contributed by atoms with Crippen LogP contribution in [0.15, 0.2) is 12.2 Å². The summed E-state index contributed by atoms with van der Waals surface area (Å²) in [5, 5.41) is 2.75. The van der Waals surface area contributed by atoms with Gasteiger partial charge in [0, 0.05) is 0 Å². The normalized spacial score (nSPS) is 9.73. The Labute approximate surface area is 85.1 Å². The molecule has 0 atom stereocenters. The van der Waals surface area contributed by atoms with Gasteiger partial charge in [0.2, 0.25) is 0 Å². The van der Waals surface area contributed by atoms with Gasteiger partial charge in [-0.05, 0) is 14.1 Å². The predicted molar refractivity (Wildman–Crippen MR) is 47.2 cm³/mol. The van der Waals surface area contributed by atoms with Gasteiger partial charge < -0.3 is 10.1 Å². The zero-order valence-corrected chi connectivity index (χ0v) is 8.57. The van der Waals surface area contributed by atoms with Gasteiger partial charge >= 0.3 is 12.1 Å². The van der Waals surface area contributed by atoms with E-state index >= 15 is 0 Å². The number of alkyl halides is 3. The molecule has 1 N–H and O–H groups in total. The molecule has 0 aromatic heterocycles. The molecule has 0 saturated heterocycles. The Kier molecular flexibility index (Phi) is 7.49. The molecule has 0 unspecified atom stereocenters. The fourth-order valence-electron chi connectivity index (χ4n) is 0.387. The summed E-state index contributed by atoms with van der Waals surface area (Å²) < 4.78 is 38.6. The van der Waals surface area contributed by atoms with Crippen LogP contribution in [0.3, 0.4) is 0 Å². The summed E-state index contributed by atoms with van der Waals surface area (Å²) in [6.07, 6.45) is -5.08. The first-order valence-corrected chi connectivity index (χ1v) is 3.69. The van der Waals surface area contributed by atoms with Crippen molar-refractivity contribution in [3.05, 3.63) is 12.2 Å². The minimum atomic E-state index is -5.08. The molecule has 0 heterocycles. The topological polar surface area (TPSA) is 55.4 Å². The van der Waals surface area contributed by atoms with Crippen LogP contribution in [0, 0.1) is 0 Å². The first kappa shape index (κ1) is 16.1. The average molecular weight is 227 g/mol. The molecule has 0 aliphatic rings. The fraction of sp³-hybridized carbons (Fsp3) is 0.500. The van der Waals surface area contributed by atoms with Gasteiger partial charge in [0.25, 0.3) is 5.78 Å². The van der Waals surface area contributed by atoms with E-state index in [1.165, 1.54) is 0 Å². The molecule has 7 heteroatoms. The van der Waals surface area contributed by atoms with Crippen LogP contribution in [0.2, 0.25) is 0 Å². The Morgan fingerprint density at radius 1 is 1.27 bits per heavy atom. The lowest BCUT2D eigenvalue weighted by Crippen LogP contribution is -2.28. The number of hydrogen-bond donors (Lipinski definition) is 1. The van der Waals surface area contributed by atoms with E-state index in [1.54, 1.807) is 0 Å². The van der Waals surface area contributed by atoms with Crippen molar-refractivity contribution < 1.29 is 27.5 Å². The molecular formula is C8H12F3NO3. The molecule has 88 valence electrons. The Morgan fingerprint density at radius 2 is 1.60 bits per heavy atom. The Balaban J connectivity index is 0. The molecule has 0 bridgehead atoms. The lowest BCUT2D eigenvalue weighted by molar-refractivity contribution is -0.168. The molecule has 0 saturated carbocycles. The molecule has 0 aliphatic carbocycles. The van der Waals surface area contributed by atoms with Crippen molar-refractivity contribution in [2.45, 2.75) is 6.18 Å². The van der Waals surface area contributed by atoms with Gasteiger partial charge in [0.1, 0.15) is 5.57 Å². The van der Waals surface area contributed by atoms with E-state index in [9.17, 15) is 22.8 Å². The lowest BCUT2D eigenvalue weighted by Gasteiger charge is -2.05. The smallest absolute Gasteiger partial charge is 0.455 e. The third-order valence-corrected chi connectivity index (χ3v) is 0.963. The Morgan fingerprint density at radius 3 is 1.80 bits per heavy atom. The number of carbonyl (C=O) groups excluding carboxylic acids is 2. The van der Waals surface area contributed by atoms with Crippen LogP contribution in [0.1, 0.15) is 0 Å². The van der Waals surface area contributed by atoms with E-state index in [1.807, 2.05) is 14.1 Å². The van der Waals surface area contributed by atoms with Crippen molar-refractivity contribution in [2.24, 2.45) is 0 Å². The highest BCUT2D eigenvalue weighted by molar-refractivity contribution is 6.18. The Bertz CT molecular complexity index is 248. The number of ketones is 1. The summed E-state index contributed by atoms with van der Waals surface area (Å²) in [5.41, 5.74) is -1.22. The highest BCUT2D eigenvalue weighted by atomic mass is 19.4. The van der Waals surface area contributed by atoms with E-state index in [0.29, 0.717) is 0 Å². The van der Waals surface area contributed by atoms with Crippen molar-refractivity contribution in [2.75, 3.05) is 21.2 Å². The zero-order valence-electron chi connectivity index (χ0n) is 8.57. The molecule has 15 heavy (non-hydrogen) atoms. The second-order valence-electron chi connectivity index (χ2n) is 2.30. The van der Waals surface area contributed by atoms with Crippen LogP contribution in [0.5, 0.6) is 0 Å². The van der Waals surface area contributed by atoms with Crippen LogP contribution in [0.4, 0.5) is 13.2 Å². The predicted octanol–water partition coefficient (Wildman–Crippen LogP) is 0.683. The quantitative estimate of drug-likeness (QED) is 0.326. The first-order chi connectivity index (χ1) is 6.72. The van der Waals surface area contributed by atoms with Crippen LogP contribution in [0.25, 0.3) is 0 Å². The van der Waals surface area contributed by atoms with Crippen molar-refractivity contribution in [3.8, 4) is 0 Å². The average Bonchev–Trinajstić information content (AvgIpc) is 2.14. The maximum atomic E-state index is 11.6. The van der Waals surface area contributed by atoms with Gasteiger partial charge in [0.05, 0.1) is 7.11 Å². The largest absolute Gasteiger partial charge is 0.465 e. The number of esters is 1. The van der Waals surface area contributed by atoms with Crippen LogP contribution in [-0.4, -0.2) is 39.1 Å². The number of ether oxygens (including phenoxy) is 1. The molecule has 0 aromatic carbocycles. The van der Waals surface area contributed by atoms with E-state index < -0.39 is 23.5 Å². The van der Waals surface area contributed by atoms with E-state index in [0.717, 1.165) is 7.11 Å². The maximum Gasteiger partial charge on any atom is 0.455 e. The Hall–Kier alpha value is -1.37. The van der Waals surface area contributed by atoms with Crippen LogP contribution < -0.4 is 5.32 Å². The van der Waals surface area contributed by atoms with Crippen molar-refractivity contribution in [1.82, 2.24) is 5.32 Å². The second-order valence-corrected chi connectivity index (χ2v) is 2.30. The van der Waals surface area contributed by atoms with Crippen molar-refractivity contribution >= 4 is 11.8 Å². The van der Waals surface area contributed by atoms with E-state index in [-0.39, 0.29) is 0 Å². The standard InChI is InChI=1S/C6H5F3O3.C2H7N/c1-3(5(11)12-2)4(10)6(7,8)9;1-3-2/h1H2,2H3;3H,1-2H3. The van der Waals surface area contributed by atoms with Gasteiger partial charge in [-0.2, -0.15) is 13.2 Å². The fourth-order valence-corrected chi connectivity index (χ4v) is 0.387. The molecular weight excluding hydrogens is 215 g/mol. The number of hydrogen-bond acceptors (Lipinski definition) is 4. The van der Waals surface area contributed by atoms with Crippen molar-refractivity contribution in [3.63, 3.8) is 0 Å². The number of rotatable bonds is 2. The number of nitrogens with one attached hydrogen (secondary N) is 1. The van der Waals surface area contributed by atoms with Gasteiger partial charge in [0.15, 0.2) is 0 Å². The summed E-state index contributed by atoms with van der Waals surface area (Å²) in [6.45, 7) is 2.65. The van der Waals surface area contributed by atoms with Crippen LogP contribution >= 0.6 is 0 Å². The minimum Gasteiger partial charge on any atom is -0.465 e. The van der Waals surface area contributed by atoms with Gasteiger partial charge in [-0.25, -0.2) is 4.79 Å². The maximum absolute atomic E-state index is 11.6. The highest BCUT2D eigenvalue weighted by Crippen LogP contribution is 2.20. The molecule has 0 spiro atoms. The molecule has 0 amide bonds. The van der Waals surface area contributed by atoms with Gasteiger partial charge in [-0.1, -0.05) is 6.58 Å². The first-order valence-electron chi connectivity index (χ1n) is 3.69. The molecule has 0 aromatic rings. The molecule has 0 rings (SSSR count). The third kappa shape index (κ3) is 6.67. The molecule has 0 aliphatic heterocycles. The number of halogens is 3. The number of carbonyl (C=O) groups is 2. The summed E-state index contributed by atoms with van der Waals surface area (Å²) in [5.74, 6) is -3.66. The molecule has 0 radical (unpaired) electrons. The molecule has 0 fully saturated rings. The lowest BCUT2D eigenvalue weighted by atomic mass is 10.2. The molecule has 4 nitrogen and oxygen atoms in total. The summed E-state index contributed by atoms with van der Waals surface area (Å²) in [7, 11) is 4.61. The highest BCUT2D eigenvalue weighted by Gasteiger charge is 2.42. The number of Topliss-reactive ketones (excluding diaryl/α,β-unsaturated/α-hetero) is 1. The zero-order chi connectivity index (χ0) is 12.6. The number of methoxy groups -OCH3 is 1. The third-order valence-electron chi connectivity index (χ3n) is 0.963. The van der Waals surface area contributed by atoms with E-state index in [2.05, 4.69) is 16.6 Å². The monoisotopic (exact) mass is 227 g/mol. The summed E-state index contributed by atoms with van der Waals surface area (Å²) >= 11 is 0. The summed E-state index contributed by atoms with van der Waals surface area (Å²) in [4.78, 5) is 20.6. The van der Waals surface area contributed by atoms with Gasteiger partial charge in [-0.3, -0.25) is 4.79 Å². The van der Waals surface area contributed by atoms with E-state index in [4.69, 9.17) is 0 Å². The van der Waals surface area contributed by atoms with Crippen molar-refractivity contribution in [1.29, 1.82) is 0 Å². The second kappa shape index (κ2) is 6.99. The summed E-state index contributed by atoms with van der Waals surface area (Å²) in [6, 6.07) is 0. The van der Waals surface area contributed by atoms with Gasteiger partial charge in [-0.15, -0.1) is 0 Å². The SMILES string of the molecule is C=C(C(=O)OC)C(=O)C(F)(F)F.CNC. The van der Waals surface area contributed by atoms with Crippen LogP contribution in [-0.2, 0) is 14.3 Å².